The van der Waals surface area contributed by atoms with Crippen LogP contribution in [-0.4, -0.2) is 40.6 Å². The van der Waals surface area contributed by atoms with Gasteiger partial charge < -0.3 is 14.4 Å². The van der Waals surface area contributed by atoms with Crippen LogP contribution in [-0.2, 0) is 4.79 Å². The Balaban J connectivity index is 1.35. The van der Waals surface area contributed by atoms with Gasteiger partial charge in [-0.15, -0.1) is 0 Å². The maximum atomic E-state index is 12.8. The molecule has 2 bridgehead atoms. The molecular weight excluding hydrogens is 328 g/mol. The Labute approximate surface area is 153 Å². The SMILES string of the molecule is Cc1ccccc1OCC(=O)N1C2CCC1CC(Oc1ccccn1)C2. The number of benzene rings is 1. The van der Waals surface area contributed by atoms with E-state index < -0.39 is 0 Å². The molecule has 5 nitrogen and oxygen atoms in total. The molecule has 2 aliphatic heterocycles. The number of aromatic nitrogens is 1. The minimum atomic E-state index is 0.0806. The average molecular weight is 352 g/mol. The normalized spacial score (nSPS) is 24.3. The first-order valence-electron chi connectivity index (χ1n) is 9.28. The third-order valence-electron chi connectivity index (χ3n) is 5.35. The van der Waals surface area contributed by atoms with Crippen molar-refractivity contribution in [1.29, 1.82) is 0 Å². The maximum absolute atomic E-state index is 12.8. The molecule has 2 unspecified atom stereocenters. The number of hydrogen-bond acceptors (Lipinski definition) is 4. The highest BCUT2D eigenvalue weighted by Crippen LogP contribution is 2.37. The molecule has 0 N–H and O–H groups in total. The molecule has 5 heteroatoms. The molecule has 2 atom stereocenters. The second-order valence-corrected chi connectivity index (χ2v) is 7.12. The van der Waals surface area contributed by atoms with Crippen LogP contribution in [0.1, 0.15) is 31.2 Å². The van der Waals surface area contributed by atoms with Crippen molar-refractivity contribution in [1.82, 2.24) is 9.88 Å². The molecule has 1 aromatic carbocycles. The zero-order valence-electron chi connectivity index (χ0n) is 15.0. The minimum Gasteiger partial charge on any atom is -0.484 e. The molecule has 2 aliphatic rings. The Hall–Kier alpha value is -2.56. The van der Waals surface area contributed by atoms with Crippen molar-refractivity contribution in [3.8, 4) is 11.6 Å². The molecule has 1 amide bonds. The van der Waals surface area contributed by atoms with E-state index in [1.165, 1.54) is 0 Å². The van der Waals surface area contributed by atoms with Gasteiger partial charge in [0.05, 0.1) is 0 Å². The fourth-order valence-electron chi connectivity index (χ4n) is 4.15. The molecule has 26 heavy (non-hydrogen) atoms. The number of amides is 1. The van der Waals surface area contributed by atoms with E-state index in [1.54, 1.807) is 6.20 Å². The second kappa shape index (κ2) is 7.36. The number of para-hydroxylation sites is 1. The van der Waals surface area contributed by atoms with E-state index in [4.69, 9.17) is 9.47 Å². The van der Waals surface area contributed by atoms with Crippen LogP contribution in [0.5, 0.6) is 11.6 Å². The summed E-state index contributed by atoms with van der Waals surface area (Å²) in [6, 6.07) is 14.0. The van der Waals surface area contributed by atoms with Gasteiger partial charge in [0.15, 0.2) is 6.61 Å². The van der Waals surface area contributed by atoms with Crippen molar-refractivity contribution in [3.63, 3.8) is 0 Å². The fraction of sp³-hybridized carbons (Fsp3) is 0.429. The third kappa shape index (κ3) is 3.52. The van der Waals surface area contributed by atoms with Crippen LogP contribution in [0.15, 0.2) is 48.7 Å². The number of rotatable bonds is 5. The first-order valence-corrected chi connectivity index (χ1v) is 9.28. The quantitative estimate of drug-likeness (QED) is 0.828. The van der Waals surface area contributed by atoms with Gasteiger partial charge in [-0.05, 0) is 37.5 Å². The first-order chi connectivity index (χ1) is 12.7. The summed E-state index contributed by atoms with van der Waals surface area (Å²) in [5.74, 6) is 1.53. The van der Waals surface area contributed by atoms with Gasteiger partial charge in [-0.3, -0.25) is 4.79 Å². The van der Waals surface area contributed by atoms with Gasteiger partial charge in [-0.1, -0.05) is 24.3 Å². The number of aryl methyl sites for hydroxylation is 1. The van der Waals surface area contributed by atoms with Crippen molar-refractivity contribution in [2.24, 2.45) is 0 Å². The van der Waals surface area contributed by atoms with Crippen LogP contribution in [0.3, 0.4) is 0 Å². The molecule has 0 spiro atoms. The minimum absolute atomic E-state index is 0.0806. The summed E-state index contributed by atoms with van der Waals surface area (Å²) in [5, 5.41) is 0. The van der Waals surface area contributed by atoms with Crippen molar-refractivity contribution in [3.05, 3.63) is 54.2 Å². The van der Waals surface area contributed by atoms with Gasteiger partial charge in [0.25, 0.3) is 5.91 Å². The van der Waals surface area contributed by atoms with Gasteiger partial charge in [0.1, 0.15) is 11.9 Å². The largest absolute Gasteiger partial charge is 0.484 e. The third-order valence-corrected chi connectivity index (χ3v) is 5.35. The molecule has 2 fully saturated rings. The van der Waals surface area contributed by atoms with E-state index in [9.17, 15) is 4.79 Å². The number of pyridine rings is 1. The fourth-order valence-corrected chi connectivity index (χ4v) is 4.15. The number of piperidine rings is 1. The Morgan fingerprint density at radius 2 is 1.85 bits per heavy atom. The summed E-state index contributed by atoms with van der Waals surface area (Å²) >= 11 is 0. The molecule has 3 heterocycles. The molecule has 2 saturated heterocycles. The average Bonchev–Trinajstić information content (AvgIpc) is 2.93. The highest BCUT2D eigenvalue weighted by molar-refractivity contribution is 5.79. The molecule has 136 valence electrons. The molecular formula is C21H24N2O3. The summed E-state index contributed by atoms with van der Waals surface area (Å²) < 4.78 is 11.8. The second-order valence-electron chi connectivity index (χ2n) is 7.12. The Morgan fingerprint density at radius 1 is 1.12 bits per heavy atom. The number of carbonyl (C=O) groups is 1. The summed E-state index contributed by atoms with van der Waals surface area (Å²) in [7, 11) is 0. The van der Waals surface area contributed by atoms with Gasteiger partial charge in [-0.25, -0.2) is 4.98 Å². The van der Waals surface area contributed by atoms with E-state index >= 15 is 0 Å². The van der Waals surface area contributed by atoms with Crippen LogP contribution >= 0.6 is 0 Å². The van der Waals surface area contributed by atoms with Crippen molar-refractivity contribution in [2.45, 2.75) is 50.8 Å². The van der Waals surface area contributed by atoms with Gasteiger partial charge in [0, 0.05) is 37.2 Å². The Kier molecular flexibility index (Phi) is 4.78. The van der Waals surface area contributed by atoms with Gasteiger partial charge in [0.2, 0.25) is 5.88 Å². The van der Waals surface area contributed by atoms with Crippen LogP contribution in [0.25, 0.3) is 0 Å². The van der Waals surface area contributed by atoms with E-state index in [0.29, 0.717) is 5.88 Å². The molecule has 0 radical (unpaired) electrons. The molecule has 1 aromatic heterocycles. The monoisotopic (exact) mass is 352 g/mol. The maximum Gasteiger partial charge on any atom is 0.261 e. The number of hydrogen-bond donors (Lipinski definition) is 0. The molecule has 0 saturated carbocycles. The topological polar surface area (TPSA) is 51.7 Å². The lowest BCUT2D eigenvalue weighted by Gasteiger charge is -2.38. The van der Waals surface area contributed by atoms with E-state index in [-0.39, 0.29) is 30.7 Å². The summed E-state index contributed by atoms with van der Waals surface area (Å²) in [6.07, 6.45) is 5.69. The highest BCUT2D eigenvalue weighted by atomic mass is 16.5. The predicted molar refractivity (Wildman–Crippen MR) is 98.2 cm³/mol. The summed E-state index contributed by atoms with van der Waals surface area (Å²) in [4.78, 5) is 19.0. The lowest BCUT2D eigenvalue weighted by molar-refractivity contribution is -0.139. The van der Waals surface area contributed by atoms with Crippen molar-refractivity contribution < 1.29 is 14.3 Å². The molecule has 2 aromatic rings. The highest BCUT2D eigenvalue weighted by Gasteiger charge is 2.44. The predicted octanol–water partition coefficient (Wildman–Crippen LogP) is 3.37. The van der Waals surface area contributed by atoms with E-state index in [2.05, 4.69) is 4.98 Å². The molecule has 0 aliphatic carbocycles. The number of fused-ring (bicyclic) bond motifs is 2. The summed E-state index contributed by atoms with van der Waals surface area (Å²) in [6.45, 7) is 2.09. The Bertz CT molecular complexity index is 751. The number of ether oxygens (including phenoxy) is 2. The lowest BCUT2D eigenvalue weighted by atomic mass is 9.99. The van der Waals surface area contributed by atoms with Crippen LogP contribution in [0, 0.1) is 6.92 Å². The first kappa shape index (κ1) is 16.9. The summed E-state index contributed by atoms with van der Waals surface area (Å²) in [5.41, 5.74) is 1.05. The van der Waals surface area contributed by atoms with Crippen molar-refractivity contribution >= 4 is 5.91 Å². The molecule has 4 rings (SSSR count). The Morgan fingerprint density at radius 3 is 2.54 bits per heavy atom. The zero-order chi connectivity index (χ0) is 17.9. The van der Waals surface area contributed by atoms with Gasteiger partial charge in [-0.2, -0.15) is 0 Å². The number of carbonyl (C=O) groups excluding carboxylic acids is 1. The van der Waals surface area contributed by atoms with E-state index in [0.717, 1.165) is 37.0 Å². The van der Waals surface area contributed by atoms with Gasteiger partial charge >= 0.3 is 0 Å². The standard InChI is InChI=1S/C21H24N2O3/c1-15-6-2-3-7-19(15)25-14-21(24)23-16-9-10-17(23)13-18(12-16)26-20-8-4-5-11-22-20/h2-8,11,16-18H,9-10,12-14H2,1H3. The van der Waals surface area contributed by atoms with Crippen LogP contribution < -0.4 is 9.47 Å². The van der Waals surface area contributed by atoms with Crippen LogP contribution in [0.4, 0.5) is 0 Å². The van der Waals surface area contributed by atoms with E-state index in [1.807, 2.05) is 54.3 Å². The number of nitrogens with zero attached hydrogens (tertiary/aromatic N) is 2. The van der Waals surface area contributed by atoms with Crippen molar-refractivity contribution in [2.75, 3.05) is 6.61 Å². The lowest BCUT2D eigenvalue weighted by Crippen LogP contribution is -2.50. The smallest absolute Gasteiger partial charge is 0.261 e. The zero-order valence-corrected chi connectivity index (χ0v) is 15.0. The van der Waals surface area contributed by atoms with Crippen LogP contribution in [0.2, 0.25) is 0 Å².